The number of hydrogen-bond acceptors (Lipinski definition) is 6. The molecule has 1 amide bonds. The molecule has 0 aromatic carbocycles. The van der Waals surface area contributed by atoms with Gasteiger partial charge in [-0.2, -0.15) is 0 Å². The predicted octanol–water partition coefficient (Wildman–Crippen LogP) is 1.43. The number of piperazine rings is 1. The van der Waals surface area contributed by atoms with Crippen LogP contribution < -0.4 is 5.32 Å². The number of carbonyl (C=O) groups is 1. The highest BCUT2D eigenvalue weighted by molar-refractivity contribution is 5.98. The Morgan fingerprint density at radius 2 is 2.32 bits per heavy atom. The molecule has 1 saturated heterocycles. The zero-order valence-electron chi connectivity index (χ0n) is 14.4. The second kappa shape index (κ2) is 8.13. The van der Waals surface area contributed by atoms with Gasteiger partial charge >= 0.3 is 0 Å². The van der Waals surface area contributed by atoms with Gasteiger partial charge in [-0.05, 0) is 24.6 Å². The molecule has 7 nitrogen and oxygen atoms in total. The molecule has 0 saturated carbocycles. The summed E-state index contributed by atoms with van der Waals surface area (Å²) in [5, 5.41) is 12.4. The van der Waals surface area contributed by atoms with Gasteiger partial charge in [-0.1, -0.05) is 0 Å². The number of amides is 1. The number of nitrogens with one attached hydrogen (secondary N) is 1. The monoisotopic (exact) mass is 344 g/mol. The van der Waals surface area contributed by atoms with E-state index in [0.717, 1.165) is 18.7 Å². The molecule has 0 radical (unpaired) electrons. The highest BCUT2D eigenvalue weighted by Crippen LogP contribution is 2.20. The topological polar surface area (TPSA) is 81.8 Å². The Morgan fingerprint density at radius 3 is 3.04 bits per heavy atom. The smallest absolute Gasteiger partial charge is 0.257 e. The van der Waals surface area contributed by atoms with Crippen LogP contribution in [0.5, 0.6) is 0 Å². The first kappa shape index (κ1) is 17.4. The van der Waals surface area contributed by atoms with E-state index < -0.39 is 0 Å². The predicted molar refractivity (Wildman–Crippen MR) is 94.3 cm³/mol. The lowest BCUT2D eigenvalue weighted by atomic mass is 10.1. The van der Waals surface area contributed by atoms with Crippen molar-refractivity contribution in [3.63, 3.8) is 0 Å². The quantitative estimate of drug-likeness (QED) is 0.825. The van der Waals surface area contributed by atoms with Crippen LogP contribution in [0.4, 0.5) is 5.82 Å². The lowest BCUT2D eigenvalue weighted by Crippen LogP contribution is -2.54. The number of pyridine rings is 1. The van der Waals surface area contributed by atoms with Gasteiger partial charge in [-0.3, -0.25) is 9.69 Å². The summed E-state index contributed by atoms with van der Waals surface area (Å²) in [6, 6.07) is 5.63. The molecule has 1 fully saturated rings. The van der Waals surface area contributed by atoms with Gasteiger partial charge in [0.05, 0.1) is 18.1 Å². The number of rotatable bonds is 6. The molecule has 3 rings (SSSR count). The maximum absolute atomic E-state index is 12.9. The van der Waals surface area contributed by atoms with E-state index in [1.807, 2.05) is 11.0 Å². The van der Waals surface area contributed by atoms with Gasteiger partial charge in [-0.15, -0.1) is 0 Å². The molecule has 134 valence electrons. The van der Waals surface area contributed by atoms with Crippen molar-refractivity contribution < 1.29 is 14.3 Å². The zero-order valence-corrected chi connectivity index (χ0v) is 14.4. The van der Waals surface area contributed by atoms with Crippen LogP contribution in [-0.2, 0) is 6.54 Å². The number of hydrogen-bond donors (Lipinski definition) is 2. The summed E-state index contributed by atoms with van der Waals surface area (Å²) >= 11 is 0. The fourth-order valence-electron chi connectivity index (χ4n) is 3.27. The Labute approximate surface area is 147 Å². The summed E-state index contributed by atoms with van der Waals surface area (Å²) in [4.78, 5) is 21.3. The summed E-state index contributed by atoms with van der Waals surface area (Å²) < 4.78 is 5.14. The number of anilines is 1. The minimum atomic E-state index is -0.0247. The van der Waals surface area contributed by atoms with Gasteiger partial charge in [0.1, 0.15) is 5.82 Å². The van der Waals surface area contributed by atoms with Crippen LogP contribution in [0.25, 0.3) is 0 Å². The zero-order chi connectivity index (χ0) is 17.6. The van der Waals surface area contributed by atoms with E-state index in [9.17, 15) is 9.90 Å². The molecule has 2 N–H and O–H groups in total. The van der Waals surface area contributed by atoms with Crippen molar-refractivity contribution in [2.45, 2.75) is 19.0 Å². The maximum atomic E-state index is 12.9. The van der Waals surface area contributed by atoms with Crippen molar-refractivity contribution in [1.82, 2.24) is 14.8 Å². The van der Waals surface area contributed by atoms with Crippen molar-refractivity contribution in [3.05, 3.63) is 48.0 Å². The Balaban J connectivity index is 1.71. The van der Waals surface area contributed by atoms with E-state index >= 15 is 0 Å². The van der Waals surface area contributed by atoms with Crippen LogP contribution in [0.15, 0.2) is 41.3 Å². The molecule has 25 heavy (non-hydrogen) atoms. The Hall–Kier alpha value is -2.38. The maximum Gasteiger partial charge on any atom is 0.257 e. The van der Waals surface area contributed by atoms with Gasteiger partial charge in [0.2, 0.25) is 0 Å². The number of aliphatic hydroxyl groups is 1. The van der Waals surface area contributed by atoms with E-state index in [4.69, 9.17) is 4.42 Å². The number of aliphatic hydroxyl groups excluding tert-OH is 1. The fraction of sp³-hybridized carbons (Fsp3) is 0.444. The summed E-state index contributed by atoms with van der Waals surface area (Å²) in [7, 11) is 1.76. The van der Waals surface area contributed by atoms with Crippen LogP contribution in [0.3, 0.4) is 0 Å². The van der Waals surface area contributed by atoms with E-state index in [1.54, 1.807) is 37.9 Å². The number of carbonyl (C=O) groups excluding carboxylic acids is 1. The molecule has 2 aromatic rings. The van der Waals surface area contributed by atoms with E-state index in [0.29, 0.717) is 30.9 Å². The average molecular weight is 344 g/mol. The Morgan fingerprint density at radius 1 is 1.44 bits per heavy atom. The number of nitrogens with zero attached hydrogens (tertiary/aromatic N) is 3. The van der Waals surface area contributed by atoms with Crippen LogP contribution >= 0.6 is 0 Å². The molecule has 0 spiro atoms. The molecule has 1 atom stereocenters. The fourth-order valence-corrected chi connectivity index (χ4v) is 3.27. The third-order valence-corrected chi connectivity index (χ3v) is 4.59. The highest BCUT2D eigenvalue weighted by Gasteiger charge is 2.30. The molecule has 3 heterocycles. The Bertz CT molecular complexity index is 689. The van der Waals surface area contributed by atoms with Gasteiger partial charge < -0.3 is 19.7 Å². The standard InChI is InChI=1S/C18H24N4O3/c1-19-17-16(3-2-6-20-17)18(24)22-8-7-21(15(12-22)4-9-23)11-14-5-10-25-13-14/h2-3,5-6,10,13,15,23H,4,7-9,11-12H2,1H3,(H,19,20)/t15-/m0/s1. The molecule has 1 aliphatic heterocycles. The van der Waals surface area contributed by atoms with Crippen molar-refractivity contribution in [3.8, 4) is 0 Å². The molecular formula is C18H24N4O3. The summed E-state index contributed by atoms with van der Waals surface area (Å²) in [6.45, 7) is 2.86. The van der Waals surface area contributed by atoms with Crippen molar-refractivity contribution in [1.29, 1.82) is 0 Å². The lowest BCUT2D eigenvalue weighted by Gasteiger charge is -2.41. The van der Waals surface area contributed by atoms with E-state index in [2.05, 4.69) is 15.2 Å². The largest absolute Gasteiger partial charge is 0.472 e. The molecule has 0 unspecified atom stereocenters. The molecule has 1 aliphatic rings. The van der Waals surface area contributed by atoms with Crippen LogP contribution in [0.2, 0.25) is 0 Å². The summed E-state index contributed by atoms with van der Waals surface area (Å²) in [5.41, 5.74) is 1.68. The molecule has 7 heteroatoms. The van der Waals surface area contributed by atoms with Crippen LogP contribution in [0, 0.1) is 0 Å². The average Bonchev–Trinajstić information content (AvgIpc) is 3.16. The lowest BCUT2D eigenvalue weighted by molar-refractivity contribution is 0.0395. The highest BCUT2D eigenvalue weighted by atomic mass is 16.3. The SMILES string of the molecule is CNc1ncccc1C(=O)N1CCN(Cc2ccoc2)[C@@H](CCO)C1. The third-order valence-electron chi connectivity index (χ3n) is 4.59. The molecule has 0 bridgehead atoms. The summed E-state index contributed by atoms with van der Waals surface area (Å²) in [5.74, 6) is 0.565. The third kappa shape index (κ3) is 4.00. The molecular weight excluding hydrogens is 320 g/mol. The van der Waals surface area contributed by atoms with Gasteiger partial charge in [0.15, 0.2) is 0 Å². The first-order valence-electron chi connectivity index (χ1n) is 8.51. The molecule has 0 aliphatic carbocycles. The second-order valence-electron chi connectivity index (χ2n) is 6.17. The minimum Gasteiger partial charge on any atom is -0.472 e. The number of aromatic nitrogens is 1. The van der Waals surface area contributed by atoms with E-state index in [-0.39, 0.29) is 18.6 Å². The normalized spacial score (nSPS) is 18.3. The Kier molecular flexibility index (Phi) is 5.67. The first-order valence-corrected chi connectivity index (χ1v) is 8.51. The van der Waals surface area contributed by atoms with Gasteiger partial charge in [0, 0.05) is 57.6 Å². The number of furan rings is 1. The summed E-state index contributed by atoms with van der Waals surface area (Å²) in [6.07, 6.45) is 5.70. The van der Waals surface area contributed by atoms with Gasteiger partial charge in [-0.25, -0.2) is 4.98 Å². The molecule has 2 aromatic heterocycles. The second-order valence-corrected chi connectivity index (χ2v) is 6.17. The minimum absolute atomic E-state index is 0.0247. The van der Waals surface area contributed by atoms with Crippen LogP contribution in [-0.4, -0.2) is 65.1 Å². The van der Waals surface area contributed by atoms with E-state index in [1.165, 1.54) is 0 Å². The van der Waals surface area contributed by atoms with Crippen LogP contribution in [0.1, 0.15) is 22.3 Å². The van der Waals surface area contributed by atoms with Crippen molar-refractivity contribution in [2.24, 2.45) is 0 Å². The first-order chi connectivity index (χ1) is 12.2. The van der Waals surface area contributed by atoms with Gasteiger partial charge in [0.25, 0.3) is 5.91 Å². The van der Waals surface area contributed by atoms with Crippen molar-refractivity contribution in [2.75, 3.05) is 38.6 Å². The van der Waals surface area contributed by atoms with Crippen molar-refractivity contribution >= 4 is 11.7 Å².